The Bertz CT molecular complexity index is 1360. The van der Waals surface area contributed by atoms with Crippen molar-refractivity contribution in [1.82, 2.24) is 19.5 Å². The fourth-order valence-electron chi connectivity index (χ4n) is 3.24. The van der Waals surface area contributed by atoms with E-state index < -0.39 is 0 Å². The van der Waals surface area contributed by atoms with Crippen molar-refractivity contribution in [3.8, 4) is 28.7 Å². The normalized spacial score (nSPS) is 10.9. The van der Waals surface area contributed by atoms with E-state index in [2.05, 4.69) is 15.0 Å². The first kappa shape index (κ1) is 16.9. The van der Waals surface area contributed by atoms with Gasteiger partial charge in [-0.3, -0.25) is 4.98 Å². The molecule has 140 valence electrons. The summed E-state index contributed by atoms with van der Waals surface area (Å²) in [5.41, 5.74) is 3.10. The highest BCUT2D eigenvalue weighted by Gasteiger charge is 2.10. The molecular weight excluding hydrogens is 364 g/mol. The standard InChI is InChI=1S/C23H16N4O2/c28-23-25-19-10-1-2-11-20(19)27(23)21-12-6-13-22(26-21)29-17-8-5-7-16(15-17)18-9-3-4-14-24-18/h1-15H,(H,25,28). The van der Waals surface area contributed by atoms with E-state index in [-0.39, 0.29) is 5.69 Å². The summed E-state index contributed by atoms with van der Waals surface area (Å²) >= 11 is 0. The molecule has 29 heavy (non-hydrogen) atoms. The van der Waals surface area contributed by atoms with Crippen molar-refractivity contribution < 1.29 is 4.74 Å². The maximum Gasteiger partial charge on any atom is 0.332 e. The number of pyridine rings is 2. The van der Waals surface area contributed by atoms with Gasteiger partial charge in [0.05, 0.1) is 16.7 Å². The molecule has 2 aromatic carbocycles. The Hall–Kier alpha value is -4.19. The van der Waals surface area contributed by atoms with Gasteiger partial charge in [-0.2, -0.15) is 4.98 Å². The van der Waals surface area contributed by atoms with E-state index in [1.54, 1.807) is 18.3 Å². The Kier molecular flexibility index (Phi) is 4.14. The first-order chi connectivity index (χ1) is 14.3. The molecule has 0 aliphatic carbocycles. The van der Waals surface area contributed by atoms with Crippen molar-refractivity contribution in [3.63, 3.8) is 0 Å². The van der Waals surface area contributed by atoms with E-state index in [0.717, 1.165) is 22.3 Å². The van der Waals surface area contributed by atoms with Crippen LogP contribution in [0.25, 0.3) is 28.1 Å². The molecule has 0 spiro atoms. The SMILES string of the molecule is O=c1[nH]c2ccccc2n1-c1cccc(Oc2cccc(-c3ccccn3)c2)n1. The van der Waals surface area contributed by atoms with Crippen LogP contribution in [0.15, 0.2) is 95.9 Å². The quantitative estimate of drug-likeness (QED) is 0.496. The second-order valence-corrected chi connectivity index (χ2v) is 6.46. The number of nitrogens with zero attached hydrogens (tertiary/aromatic N) is 3. The molecule has 0 amide bonds. The topological polar surface area (TPSA) is 72.8 Å². The Labute approximate surface area is 166 Å². The van der Waals surface area contributed by atoms with Crippen molar-refractivity contribution >= 4 is 11.0 Å². The molecule has 0 fully saturated rings. The number of nitrogens with one attached hydrogen (secondary N) is 1. The lowest BCUT2D eigenvalue weighted by Gasteiger charge is -2.09. The summed E-state index contributed by atoms with van der Waals surface area (Å²) in [5.74, 6) is 1.53. The van der Waals surface area contributed by atoms with Crippen LogP contribution in [0, 0.1) is 0 Å². The number of benzene rings is 2. The van der Waals surface area contributed by atoms with Crippen LogP contribution >= 0.6 is 0 Å². The van der Waals surface area contributed by atoms with Gasteiger partial charge in [0.2, 0.25) is 5.88 Å². The van der Waals surface area contributed by atoms with Crippen LogP contribution in [0.2, 0.25) is 0 Å². The summed E-state index contributed by atoms with van der Waals surface area (Å²) in [6.07, 6.45) is 1.76. The van der Waals surface area contributed by atoms with E-state index in [4.69, 9.17) is 4.74 Å². The third kappa shape index (κ3) is 3.27. The summed E-state index contributed by atoms with van der Waals surface area (Å²) < 4.78 is 7.50. The molecule has 6 nitrogen and oxygen atoms in total. The van der Waals surface area contributed by atoms with Gasteiger partial charge in [0.15, 0.2) is 0 Å². The molecule has 0 atom stereocenters. The number of rotatable bonds is 4. The van der Waals surface area contributed by atoms with Gasteiger partial charge in [-0.25, -0.2) is 9.36 Å². The summed E-state index contributed by atoms with van der Waals surface area (Å²) in [6, 6.07) is 26.3. The summed E-state index contributed by atoms with van der Waals surface area (Å²) in [7, 11) is 0. The van der Waals surface area contributed by atoms with E-state index >= 15 is 0 Å². The molecule has 3 heterocycles. The van der Waals surface area contributed by atoms with Gasteiger partial charge in [0, 0.05) is 17.8 Å². The molecule has 1 N–H and O–H groups in total. The van der Waals surface area contributed by atoms with Crippen molar-refractivity contribution in [3.05, 3.63) is 102 Å². The minimum Gasteiger partial charge on any atom is -0.439 e. The van der Waals surface area contributed by atoms with Gasteiger partial charge in [-0.1, -0.05) is 36.4 Å². The average molecular weight is 380 g/mol. The van der Waals surface area contributed by atoms with Gasteiger partial charge in [-0.15, -0.1) is 0 Å². The van der Waals surface area contributed by atoms with Crippen molar-refractivity contribution in [1.29, 1.82) is 0 Å². The lowest BCUT2D eigenvalue weighted by atomic mass is 10.1. The predicted molar refractivity (Wildman–Crippen MR) is 111 cm³/mol. The number of para-hydroxylation sites is 2. The Morgan fingerprint density at radius 1 is 0.862 bits per heavy atom. The fraction of sp³-hybridized carbons (Fsp3) is 0. The third-order valence-corrected chi connectivity index (χ3v) is 4.54. The molecule has 0 bridgehead atoms. The number of hydrogen-bond donors (Lipinski definition) is 1. The molecule has 0 aliphatic rings. The molecule has 0 saturated carbocycles. The molecular formula is C23H16N4O2. The van der Waals surface area contributed by atoms with E-state index in [1.165, 1.54) is 4.57 Å². The Morgan fingerprint density at radius 2 is 1.72 bits per heavy atom. The zero-order valence-electron chi connectivity index (χ0n) is 15.3. The van der Waals surface area contributed by atoms with Gasteiger partial charge < -0.3 is 9.72 Å². The molecule has 0 aliphatic heterocycles. The van der Waals surface area contributed by atoms with E-state index in [9.17, 15) is 4.79 Å². The number of aromatic amines is 1. The molecule has 3 aromatic heterocycles. The van der Waals surface area contributed by atoms with E-state index in [0.29, 0.717) is 17.4 Å². The Balaban J connectivity index is 1.50. The largest absolute Gasteiger partial charge is 0.439 e. The second kappa shape index (κ2) is 7.09. The minimum absolute atomic E-state index is 0.243. The number of aromatic nitrogens is 4. The van der Waals surface area contributed by atoms with Crippen LogP contribution in [-0.4, -0.2) is 19.5 Å². The van der Waals surface area contributed by atoms with Gasteiger partial charge in [0.25, 0.3) is 0 Å². The predicted octanol–water partition coefficient (Wildman–Crippen LogP) is 4.57. The highest BCUT2D eigenvalue weighted by Crippen LogP contribution is 2.26. The second-order valence-electron chi connectivity index (χ2n) is 6.46. The van der Waals surface area contributed by atoms with Gasteiger partial charge in [-0.05, 0) is 42.5 Å². The Morgan fingerprint density at radius 3 is 2.62 bits per heavy atom. The first-order valence-electron chi connectivity index (χ1n) is 9.14. The zero-order chi connectivity index (χ0) is 19.6. The molecule has 5 rings (SSSR count). The number of fused-ring (bicyclic) bond motifs is 1. The first-order valence-corrected chi connectivity index (χ1v) is 9.14. The molecule has 5 aromatic rings. The van der Waals surface area contributed by atoms with Crippen molar-refractivity contribution in [2.75, 3.05) is 0 Å². The smallest absolute Gasteiger partial charge is 0.332 e. The minimum atomic E-state index is -0.243. The monoisotopic (exact) mass is 380 g/mol. The molecule has 0 radical (unpaired) electrons. The lowest BCUT2D eigenvalue weighted by Crippen LogP contribution is -2.15. The third-order valence-electron chi connectivity index (χ3n) is 4.54. The zero-order valence-corrected chi connectivity index (χ0v) is 15.3. The highest BCUT2D eigenvalue weighted by molar-refractivity contribution is 5.76. The number of imidazole rings is 1. The fourth-order valence-corrected chi connectivity index (χ4v) is 3.24. The molecule has 6 heteroatoms. The van der Waals surface area contributed by atoms with Crippen LogP contribution in [0.1, 0.15) is 0 Å². The average Bonchev–Trinajstić information content (AvgIpc) is 3.10. The number of ether oxygens (including phenoxy) is 1. The van der Waals surface area contributed by atoms with E-state index in [1.807, 2.05) is 72.8 Å². The molecule has 0 saturated heterocycles. The van der Waals surface area contributed by atoms with Crippen LogP contribution in [0.5, 0.6) is 11.6 Å². The lowest BCUT2D eigenvalue weighted by molar-refractivity contribution is 0.462. The number of H-pyrrole nitrogens is 1. The number of hydrogen-bond acceptors (Lipinski definition) is 4. The highest BCUT2D eigenvalue weighted by atomic mass is 16.5. The molecule has 0 unspecified atom stereocenters. The summed E-state index contributed by atoms with van der Waals surface area (Å²) in [5, 5.41) is 0. The van der Waals surface area contributed by atoms with Crippen LogP contribution in [0.4, 0.5) is 0 Å². The van der Waals surface area contributed by atoms with Crippen molar-refractivity contribution in [2.24, 2.45) is 0 Å². The van der Waals surface area contributed by atoms with Crippen LogP contribution < -0.4 is 10.4 Å². The van der Waals surface area contributed by atoms with Crippen LogP contribution in [-0.2, 0) is 0 Å². The maximum absolute atomic E-state index is 12.4. The van der Waals surface area contributed by atoms with Crippen LogP contribution in [0.3, 0.4) is 0 Å². The summed E-state index contributed by atoms with van der Waals surface area (Å²) in [4.78, 5) is 24.2. The van der Waals surface area contributed by atoms with Crippen molar-refractivity contribution in [2.45, 2.75) is 0 Å². The van der Waals surface area contributed by atoms with Gasteiger partial charge in [0.1, 0.15) is 11.6 Å². The van der Waals surface area contributed by atoms with Gasteiger partial charge >= 0.3 is 5.69 Å². The summed E-state index contributed by atoms with van der Waals surface area (Å²) in [6.45, 7) is 0. The maximum atomic E-state index is 12.4.